The van der Waals surface area contributed by atoms with Gasteiger partial charge in [-0.1, -0.05) is 83.2 Å². The number of hydrogen-bond acceptors (Lipinski definition) is 5. The molecule has 0 atom stereocenters. The van der Waals surface area contributed by atoms with Gasteiger partial charge in [0, 0.05) is 47.8 Å². The van der Waals surface area contributed by atoms with E-state index in [1.807, 2.05) is 22.7 Å². The molecule has 0 radical (unpaired) electrons. The van der Waals surface area contributed by atoms with Crippen LogP contribution in [0.4, 0.5) is 0 Å². The molecule has 4 aromatic rings. The second kappa shape index (κ2) is 12.4. The first kappa shape index (κ1) is 26.9. The lowest BCUT2D eigenvalue weighted by Gasteiger charge is -2.32. The second-order valence-corrected chi connectivity index (χ2v) is 14.1. The van der Waals surface area contributed by atoms with Crippen molar-refractivity contribution in [2.45, 2.75) is 65.7 Å². The maximum absolute atomic E-state index is 5.99. The highest BCUT2D eigenvalue weighted by Gasteiger charge is 2.34. The summed E-state index contributed by atoms with van der Waals surface area (Å²) in [6.07, 6.45) is 9.32. The Bertz CT molecular complexity index is 1260. The van der Waals surface area contributed by atoms with Crippen LogP contribution in [-0.4, -0.2) is 20.3 Å². The molecule has 2 nitrogen and oxygen atoms in total. The summed E-state index contributed by atoms with van der Waals surface area (Å²) in [5.41, 5.74) is 2.87. The van der Waals surface area contributed by atoms with Crippen LogP contribution in [-0.2, 0) is 15.7 Å². The van der Waals surface area contributed by atoms with Crippen LogP contribution in [0.25, 0.3) is 29.9 Å². The monoisotopic (exact) mass is 548 g/mol. The van der Waals surface area contributed by atoms with Crippen LogP contribution in [0.5, 0.6) is 0 Å². The summed E-state index contributed by atoms with van der Waals surface area (Å²) in [5.74, 6) is 0. The maximum atomic E-state index is 5.99. The molecule has 0 saturated carbocycles. The molecule has 194 valence electrons. The number of thiophene rings is 3. The summed E-state index contributed by atoms with van der Waals surface area (Å²) >= 11 is 5.53. The minimum Gasteiger partial charge on any atom is -0.406 e. The van der Waals surface area contributed by atoms with Crippen LogP contribution in [0.1, 0.15) is 64.9 Å². The molecule has 1 aliphatic rings. The quantitative estimate of drug-likeness (QED) is 0.137. The van der Waals surface area contributed by atoms with Crippen LogP contribution in [0.3, 0.4) is 0 Å². The molecule has 3 aromatic heterocycles. The lowest BCUT2D eigenvalue weighted by molar-refractivity contribution is 0.0346. The number of benzene rings is 1. The fraction of sp³-hybridized carbons (Fsp3) is 0.419. The van der Waals surface area contributed by atoms with Gasteiger partial charge >= 0.3 is 7.12 Å². The van der Waals surface area contributed by atoms with Gasteiger partial charge < -0.3 is 9.31 Å². The van der Waals surface area contributed by atoms with E-state index in [9.17, 15) is 0 Å². The van der Waals surface area contributed by atoms with Crippen molar-refractivity contribution in [3.63, 3.8) is 0 Å². The predicted octanol–water partition coefficient (Wildman–Crippen LogP) is 9.54. The summed E-state index contributed by atoms with van der Waals surface area (Å²) in [4.78, 5) is 6.58. The molecule has 0 N–H and O–H groups in total. The van der Waals surface area contributed by atoms with Gasteiger partial charge in [0.1, 0.15) is 0 Å². The van der Waals surface area contributed by atoms with E-state index in [0.29, 0.717) is 0 Å². The first-order valence-electron chi connectivity index (χ1n) is 13.6. The van der Waals surface area contributed by atoms with Gasteiger partial charge in [0.15, 0.2) is 0 Å². The van der Waals surface area contributed by atoms with Crippen molar-refractivity contribution in [1.29, 1.82) is 0 Å². The van der Waals surface area contributed by atoms with E-state index >= 15 is 0 Å². The summed E-state index contributed by atoms with van der Waals surface area (Å²) in [6, 6.07) is 22.6. The molecule has 4 heterocycles. The molecule has 1 saturated heterocycles. The number of aryl methyl sites for hydroxylation is 1. The third-order valence-corrected chi connectivity index (χ3v) is 10.6. The Morgan fingerprint density at radius 3 is 1.86 bits per heavy atom. The van der Waals surface area contributed by atoms with Gasteiger partial charge in [0.25, 0.3) is 0 Å². The summed E-state index contributed by atoms with van der Waals surface area (Å²) in [7, 11) is -0.233. The van der Waals surface area contributed by atoms with Crippen molar-refractivity contribution in [3.05, 3.63) is 66.2 Å². The lowest BCUT2D eigenvalue weighted by atomic mass is 9.82. The van der Waals surface area contributed by atoms with E-state index in [1.54, 1.807) is 11.3 Å². The molecule has 6 heteroatoms. The standard InChI is InChI=1S/C31H37BO2S3/c1-4-5-6-7-8-9-10-23-11-13-24(14-12-23)25-15-16-26(35-25)27-17-18-28(36-27)29-19-20-30(37-29)32-33-21-31(2,3)22-34-32/h11-20H,4-10,21-22H2,1-3H3. The third-order valence-electron chi connectivity index (χ3n) is 6.87. The zero-order chi connectivity index (χ0) is 25.7. The van der Waals surface area contributed by atoms with E-state index in [-0.39, 0.29) is 12.5 Å². The molecule has 0 aliphatic carbocycles. The molecule has 5 rings (SSSR count). The van der Waals surface area contributed by atoms with Crippen molar-refractivity contribution in [2.24, 2.45) is 5.41 Å². The average Bonchev–Trinajstić information content (AvgIpc) is 3.67. The Kier molecular flexibility index (Phi) is 9.04. The highest BCUT2D eigenvalue weighted by molar-refractivity contribution is 7.30. The van der Waals surface area contributed by atoms with E-state index in [0.717, 1.165) is 18.0 Å². The fourth-order valence-electron chi connectivity index (χ4n) is 4.64. The molecule has 0 spiro atoms. The normalized spacial score (nSPS) is 15.4. The molecule has 0 unspecified atom stereocenters. The molecule has 1 aromatic carbocycles. The van der Waals surface area contributed by atoms with Gasteiger partial charge in [-0.3, -0.25) is 0 Å². The molecular weight excluding hydrogens is 511 g/mol. The molecule has 0 bridgehead atoms. The van der Waals surface area contributed by atoms with Crippen molar-refractivity contribution >= 4 is 45.9 Å². The first-order valence-corrected chi connectivity index (χ1v) is 16.1. The van der Waals surface area contributed by atoms with E-state index in [2.05, 4.69) is 81.4 Å². The van der Waals surface area contributed by atoms with Crippen LogP contribution >= 0.6 is 34.0 Å². The first-order chi connectivity index (χ1) is 18.0. The van der Waals surface area contributed by atoms with Crippen LogP contribution in [0.2, 0.25) is 0 Å². The predicted molar refractivity (Wildman–Crippen MR) is 165 cm³/mol. The zero-order valence-electron chi connectivity index (χ0n) is 22.3. The minimum absolute atomic E-state index is 0.0917. The zero-order valence-corrected chi connectivity index (χ0v) is 24.7. The van der Waals surface area contributed by atoms with E-state index in [1.165, 1.54) is 80.5 Å². The largest absolute Gasteiger partial charge is 0.504 e. The lowest BCUT2D eigenvalue weighted by Crippen LogP contribution is -2.46. The Morgan fingerprint density at radius 2 is 1.19 bits per heavy atom. The van der Waals surface area contributed by atoms with Crippen LogP contribution in [0, 0.1) is 5.41 Å². The van der Waals surface area contributed by atoms with Gasteiger partial charge in [-0.2, -0.15) is 0 Å². The summed E-state index contributed by atoms with van der Waals surface area (Å²) in [6.45, 7) is 8.10. The summed E-state index contributed by atoms with van der Waals surface area (Å²) < 4.78 is 13.1. The minimum atomic E-state index is -0.233. The topological polar surface area (TPSA) is 18.5 Å². The smallest absolute Gasteiger partial charge is 0.406 e. The van der Waals surface area contributed by atoms with Crippen LogP contribution < -0.4 is 4.78 Å². The maximum Gasteiger partial charge on any atom is 0.504 e. The van der Waals surface area contributed by atoms with Gasteiger partial charge in [0.05, 0.1) is 0 Å². The van der Waals surface area contributed by atoms with Gasteiger partial charge in [0.2, 0.25) is 0 Å². The Labute approximate surface area is 234 Å². The van der Waals surface area contributed by atoms with Crippen molar-refractivity contribution in [1.82, 2.24) is 0 Å². The Morgan fingerprint density at radius 1 is 0.649 bits per heavy atom. The highest BCUT2D eigenvalue weighted by Crippen LogP contribution is 2.41. The number of unbranched alkanes of at least 4 members (excludes halogenated alkanes) is 5. The summed E-state index contributed by atoms with van der Waals surface area (Å²) in [5, 5.41) is 0. The number of rotatable bonds is 11. The van der Waals surface area contributed by atoms with Crippen molar-refractivity contribution in [3.8, 4) is 29.9 Å². The highest BCUT2D eigenvalue weighted by atomic mass is 32.1. The van der Waals surface area contributed by atoms with Crippen LogP contribution in [0.15, 0.2) is 60.7 Å². The van der Waals surface area contributed by atoms with Gasteiger partial charge in [-0.05, 0) is 54.3 Å². The molecule has 1 fully saturated rings. The van der Waals surface area contributed by atoms with Gasteiger partial charge in [-0.15, -0.1) is 34.0 Å². The van der Waals surface area contributed by atoms with Crippen molar-refractivity contribution < 1.29 is 9.31 Å². The van der Waals surface area contributed by atoms with E-state index < -0.39 is 0 Å². The molecule has 1 aliphatic heterocycles. The van der Waals surface area contributed by atoms with E-state index in [4.69, 9.17) is 9.31 Å². The fourth-order valence-corrected chi connectivity index (χ4v) is 7.85. The van der Waals surface area contributed by atoms with Gasteiger partial charge in [-0.25, -0.2) is 0 Å². The number of hydrogen-bond donors (Lipinski definition) is 0. The third kappa shape index (κ3) is 7.04. The average molecular weight is 549 g/mol. The SMILES string of the molecule is CCCCCCCCc1ccc(-c2ccc(-c3ccc(-c4ccc(B5OCC(C)(C)CO5)s4)s3)s2)cc1. The molecule has 37 heavy (non-hydrogen) atoms. The Balaban J connectivity index is 1.18. The Hall–Kier alpha value is -1.70. The molecule has 0 amide bonds. The van der Waals surface area contributed by atoms with Crippen molar-refractivity contribution in [2.75, 3.05) is 13.2 Å². The second-order valence-electron chi connectivity index (χ2n) is 10.9. The molecular formula is C31H37BO2S3.